The highest BCUT2D eigenvalue weighted by Crippen LogP contribution is 2.25. The van der Waals surface area contributed by atoms with Crippen LogP contribution in [0.1, 0.15) is 5.69 Å². The van der Waals surface area contributed by atoms with Crippen molar-refractivity contribution >= 4 is 23.1 Å². The maximum Gasteiger partial charge on any atom is 0.154 e. The molecule has 130 valence electrons. The van der Waals surface area contributed by atoms with E-state index in [2.05, 4.69) is 25.4 Å². The molecule has 0 aliphatic carbocycles. The van der Waals surface area contributed by atoms with Gasteiger partial charge in [-0.2, -0.15) is 0 Å². The Morgan fingerprint density at radius 1 is 1.08 bits per heavy atom. The van der Waals surface area contributed by atoms with Gasteiger partial charge in [-0.25, -0.2) is 13.9 Å². The van der Waals surface area contributed by atoms with Crippen LogP contribution in [-0.4, -0.2) is 31.1 Å². The fraction of sp³-hybridized carbons (Fsp3) is 0.111. The number of hydrogen-bond acceptors (Lipinski definition) is 5. The van der Waals surface area contributed by atoms with Crippen LogP contribution in [0.25, 0.3) is 16.9 Å². The fourth-order valence-corrected chi connectivity index (χ4v) is 2.78. The predicted octanol–water partition coefficient (Wildman–Crippen LogP) is 3.63. The molecular weight excluding hydrogens is 355 g/mol. The van der Waals surface area contributed by atoms with Crippen molar-refractivity contribution in [1.82, 2.24) is 24.6 Å². The van der Waals surface area contributed by atoms with Crippen molar-refractivity contribution < 1.29 is 4.39 Å². The molecule has 0 fully saturated rings. The van der Waals surface area contributed by atoms with E-state index in [1.54, 1.807) is 41.4 Å². The Kier molecular flexibility index (Phi) is 4.45. The predicted molar refractivity (Wildman–Crippen MR) is 97.6 cm³/mol. The van der Waals surface area contributed by atoms with Crippen LogP contribution in [0.5, 0.6) is 0 Å². The van der Waals surface area contributed by atoms with E-state index >= 15 is 0 Å². The van der Waals surface area contributed by atoms with Crippen molar-refractivity contribution in [2.45, 2.75) is 6.42 Å². The molecule has 8 heteroatoms. The number of benzene rings is 1. The molecule has 6 nitrogen and oxygen atoms in total. The van der Waals surface area contributed by atoms with E-state index in [1.807, 2.05) is 12.1 Å². The van der Waals surface area contributed by atoms with Gasteiger partial charge in [-0.1, -0.05) is 11.6 Å². The lowest BCUT2D eigenvalue weighted by Crippen LogP contribution is -2.09. The maximum absolute atomic E-state index is 13.4. The molecule has 0 bridgehead atoms. The van der Waals surface area contributed by atoms with E-state index in [1.165, 1.54) is 6.07 Å². The largest absolute Gasteiger partial charge is 0.368 e. The van der Waals surface area contributed by atoms with Gasteiger partial charge >= 0.3 is 0 Å². The first-order chi connectivity index (χ1) is 12.7. The van der Waals surface area contributed by atoms with Gasteiger partial charge in [0.1, 0.15) is 11.6 Å². The van der Waals surface area contributed by atoms with E-state index in [0.29, 0.717) is 18.0 Å². The molecule has 0 unspecified atom stereocenters. The molecule has 4 rings (SSSR count). The number of nitrogens with zero attached hydrogens (tertiary/aromatic N) is 5. The van der Waals surface area contributed by atoms with Gasteiger partial charge in [0.25, 0.3) is 0 Å². The second kappa shape index (κ2) is 7.05. The zero-order valence-electron chi connectivity index (χ0n) is 13.6. The minimum Gasteiger partial charge on any atom is -0.368 e. The van der Waals surface area contributed by atoms with Gasteiger partial charge in [0, 0.05) is 37.1 Å². The van der Waals surface area contributed by atoms with Crippen LogP contribution in [0, 0.1) is 5.82 Å². The van der Waals surface area contributed by atoms with Crippen LogP contribution in [0.15, 0.2) is 55.1 Å². The van der Waals surface area contributed by atoms with Crippen molar-refractivity contribution in [2.24, 2.45) is 0 Å². The Hall–Kier alpha value is -3.06. The topological polar surface area (TPSA) is 68.0 Å². The number of anilines is 1. The van der Waals surface area contributed by atoms with E-state index in [9.17, 15) is 4.39 Å². The first-order valence-electron chi connectivity index (χ1n) is 8.00. The lowest BCUT2D eigenvalue weighted by atomic mass is 10.2. The van der Waals surface area contributed by atoms with Crippen LogP contribution < -0.4 is 5.32 Å². The number of fused-ring (bicyclic) bond motifs is 1. The standard InChI is InChI=1S/C18H14ClFN6/c19-14-9-12(1-2-15(14)20)16-11-24-18-4-3-17(25-26(16)18)23-6-5-13-10-21-7-8-22-13/h1-4,7-11H,5-6H2,(H,23,25). The number of imidazole rings is 1. The number of rotatable bonds is 5. The summed E-state index contributed by atoms with van der Waals surface area (Å²) in [5, 5.41) is 7.89. The van der Waals surface area contributed by atoms with Gasteiger partial charge in [-0.05, 0) is 30.3 Å². The van der Waals surface area contributed by atoms with Crippen molar-refractivity contribution in [1.29, 1.82) is 0 Å². The molecular formula is C18H14ClFN6. The van der Waals surface area contributed by atoms with Crippen LogP contribution in [0.3, 0.4) is 0 Å². The first kappa shape index (κ1) is 16.4. The summed E-state index contributed by atoms with van der Waals surface area (Å²) in [6.45, 7) is 0.670. The summed E-state index contributed by atoms with van der Waals surface area (Å²) in [4.78, 5) is 12.6. The third kappa shape index (κ3) is 3.34. The van der Waals surface area contributed by atoms with E-state index < -0.39 is 5.82 Å². The summed E-state index contributed by atoms with van der Waals surface area (Å²) in [5.41, 5.74) is 3.08. The summed E-state index contributed by atoms with van der Waals surface area (Å²) in [6, 6.07) is 8.28. The molecule has 0 aliphatic heterocycles. The molecule has 0 saturated carbocycles. The lowest BCUT2D eigenvalue weighted by molar-refractivity contribution is 0.628. The van der Waals surface area contributed by atoms with Gasteiger partial charge in [0.05, 0.1) is 22.6 Å². The molecule has 3 aromatic heterocycles. The van der Waals surface area contributed by atoms with Crippen molar-refractivity contribution in [2.75, 3.05) is 11.9 Å². The Bertz CT molecular complexity index is 1050. The zero-order chi connectivity index (χ0) is 17.9. The highest BCUT2D eigenvalue weighted by atomic mass is 35.5. The third-order valence-electron chi connectivity index (χ3n) is 3.88. The monoisotopic (exact) mass is 368 g/mol. The van der Waals surface area contributed by atoms with Crippen LogP contribution in [0.2, 0.25) is 5.02 Å². The second-order valence-electron chi connectivity index (χ2n) is 5.63. The SMILES string of the molecule is Fc1ccc(-c2cnc3ccc(NCCc4cnccn4)nn23)cc1Cl. The number of aromatic nitrogens is 5. The Morgan fingerprint density at radius 3 is 2.81 bits per heavy atom. The molecule has 1 N–H and O–H groups in total. The van der Waals surface area contributed by atoms with E-state index in [0.717, 1.165) is 23.4 Å². The van der Waals surface area contributed by atoms with E-state index in [4.69, 9.17) is 11.6 Å². The average molecular weight is 369 g/mol. The average Bonchev–Trinajstić information content (AvgIpc) is 3.08. The van der Waals surface area contributed by atoms with Crippen molar-refractivity contribution in [3.05, 3.63) is 71.7 Å². The molecule has 0 aliphatic rings. The first-order valence-corrected chi connectivity index (χ1v) is 8.37. The molecule has 3 heterocycles. The number of hydrogen-bond donors (Lipinski definition) is 1. The van der Waals surface area contributed by atoms with E-state index in [-0.39, 0.29) is 5.02 Å². The quantitative estimate of drug-likeness (QED) is 0.582. The maximum atomic E-state index is 13.4. The third-order valence-corrected chi connectivity index (χ3v) is 4.17. The normalized spacial score (nSPS) is 11.0. The molecule has 0 spiro atoms. The highest BCUT2D eigenvalue weighted by molar-refractivity contribution is 6.31. The Morgan fingerprint density at radius 2 is 2.00 bits per heavy atom. The summed E-state index contributed by atoms with van der Waals surface area (Å²) >= 11 is 5.89. The molecule has 0 radical (unpaired) electrons. The summed E-state index contributed by atoms with van der Waals surface area (Å²) in [6.07, 6.45) is 7.48. The molecule has 0 saturated heterocycles. The van der Waals surface area contributed by atoms with Gasteiger partial charge in [-0.15, -0.1) is 5.10 Å². The van der Waals surface area contributed by atoms with Gasteiger partial charge in [-0.3, -0.25) is 9.97 Å². The molecule has 1 aromatic carbocycles. The van der Waals surface area contributed by atoms with Crippen molar-refractivity contribution in [3.8, 4) is 11.3 Å². The van der Waals surface area contributed by atoms with Gasteiger partial charge in [0.2, 0.25) is 0 Å². The lowest BCUT2D eigenvalue weighted by Gasteiger charge is -2.07. The Balaban J connectivity index is 1.57. The zero-order valence-corrected chi connectivity index (χ0v) is 14.4. The number of halogens is 2. The van der Waals surface area contributed by atoms with Crippen LogP contribution >= 0.6 is 11.6 Å². The van der Waals surface area contributed by atoms with Crippen LogP contribution in [0.4, 0.5) is 10.2 Å². The van der Waals surface area contributed by atoms with Crippen molar-refractivity contribution in [3.63, 3.8) is 0 Å². The van der Waals surface area contributed by atoms with Gasteiger partial charge in [0.15, 0.2) is 5.65 Å². The summed E-state index contributed by atoms with van der Waals surface area (Å²) < 4.78 is 15.1. The summed E-state index contributed by atoms with van der Waals surface area (Å²) in [7, 11) is 0. The fourth-order valence-electron chi connectivity index (χ4n) is 2.60. The second-order valence-corrected chi connectivity index (χ2v) is 6.04. The van der Waals surface area contributed by atoms with Crippen LogP contribution in [-0.2, 0) is 6.42 Å². The Labute approximate surface area is 153 Å². The number of nitrogens with one attached hydrogen (secondary N) is 1. The molecule has 26 heavy (non-hydrogen) atoms. The molecule has 0 amide bonds. The minimum atomic E-state index is -0.455. The molecule has 4 aromatic rings. The highest BCUT2D eigenvalue weighted by Gasteiger charge is 2.10. The minimum absolute atomic E-state index is 0.0655. The molecule has 0 atom stereocenters. The smallest absolute Gasteiger partial charge is 0.154 e. The van der Waals surface area contributed by atoms with Gasteiger partial charge < -0.3 is 5.32 Å². The summed E-state index contributed by atoms with van der Waals surface area (Å²) in [5.74, 6) is 0.248.